The predicted molar refractivity (Wildman–Crippen MR) is 84.2 cm³/mol. The van der Waals surface area contributed by atoms with E-state index in [4.69, 9.17) is 11.6 Å². The lowest BCUT2D eigenvalue weighted by molar-refractivity contribution is -0.00969. The molecule has 5 heteroatoms. The molecule has 1 saturated carbocycles. The van der Waals surface area contributed by atoms with E-state index >= 15 is 0 Å². The van der Waals surface area contributed by atoms with E-state index in [0.717, 1.165) is 25.3 Å². The third-order valence-corrected chi connectivity index (χ3v) is 5.66. The molecule has 3 unspecified atom stereocenters. The Morgan fingerprint density at radius 1 is 1.24 bits per heavy atom. The van der Waals surface area contributed by atoms with Crippen LogP contribution >= 0.6 is 11.6 Å². The minimum Gasteiger partial charge on any atom is -0.393 e. The molecule has 1 aliphatic heterocycles. The van der Waals surface area contributed by atoms with Crippen molar-refractivity contribution in [2.75, 3.05) is 6.54 Å². The first-order valence-corrected chi connectivity index (χ1v) is 8.63. The van der Waals surface area contributed by atoms with Gasteiger partial charge in [-0.05, 0) is 32.2 Å². The first-order chi connectivity index (χ1) is 10.2. The summed E-state index contributed by atoms with van der Waals surface area (Å²) in [5, 5.41) is 11.1. The number of imidazole rings is 1. The second kappa shape index (κ2) is 6.67. The van der Waals surface area contributed by atoms with Crippen LogP contribution in [0.1, 0.15) is 50.8 Å². The molecule has 21 heavy (non-hydrogen) atoms. The predicted octanol–water partition coefficient (Wildman–Crippen LogP) is 2.98. The van der Waals surface area contributed by atoms with Crippen LogP contribution in [0.5, 0.6) is 0 Å². The zero-order chi connectivity index (χ0) is 14.8. The van der Waals surface area contributed by atoms with Gasteiger partial charge in [0, 0.05) is 19.0 Å². The molecule has 0 bridgehead atoms. The maximum Gasteiger partial charge on any atom is 0.128 e. The fourth-order valence-electron chi connectivity index (χ4n) is 4.04. The van der Waals surface area contributed by atoms with Gasteiger partial charge in [-0.3, -0.25) is 4.90 Å². The molecule has 2 fully saturated rings. The van der Waals surface area contributed by atoms with Crippen LogP contribution in [-0.4, -0.2) is 38.2 Å². The molecule has 3 atom stereocenters. The van der Waals surface area contributed by atoms with Crippen LogP contribution < -0.4 is 0 Å². The lowest BCUT2D eigenvalue weighted by atomic mass is 9.78. The monoisotopic (exact) mass is 311 g/mol. The van der Waals surface area contributed by atoms with Gasteiger partial charge in [-0.1, -0.05) is 30.9 Å². The zero-order valence-corrected chi connectivity index (χ0v) is 13.6. The Morgan fingerprint density at radius 2 is 2.00 bits per heavy atom. The van der Waals surface area contributed by atoms with E-state index in [9.17, 15) is 5.11 Å². The highest BCUT2D eigenvalue weighted by atomic mass is 35.5. The quantitative estimate of drug-likeness (QED) is 0.933. The van der Waals surface area contributed by atoms with Gasteiger partial charge in [0.2, 0.25) is 0 Å². The Balaban J connectivity index is 1.73. The van der Waals surface area contributed by atoms with Crippen molar-refractivity contribution in [1.29, 1.82) is 0 Å². The van der Waals surface area contributed by atoms with Gasteiger partial charge in [0.1, 0.15) is 11.0 Å². The molecule has 1 aromatic rings. The van der Waals surface area contributed by atoms with Gasteiger partial charge in [0.15, 0.2) is 0 Å². The molecule has 118 valence electrons. The summed E-state index contributed by atoms with van der Waals surface area (Å²) in [6.45, 7) is 1.95. The first-order valence-electron chi connectivity index (χ1n) is 8.25. The summed E-state index contributed by atoms with van der Waals surface area (Å²) < 4.78 is 1.96. The lowest BCUT2D eigenvalue weighted by Crippen LogP contribution is -2.48. The van der Waals surface area contributed by atoms with Gasteiger partial charge in [-0.15, -0.1) is 0 Å². The number of aromatic nitrogens is 2. The molecule has 0 aromatic carbocycles. The maximum atomic E-state index is 10.4. The summed E-state index contributed by atoms with van der Waals surface area (Å²) in [6.07, 6.45) is 9.94. The van der Waals surface area contributed by atoms with Crippen LogP contribution in [0.4, 0.5) is 0 Å². The number of nitrogens with zero attached hydrogens (tertiary/aromatic N) is 3. The fraction of sp³-hybridized carbons (Fsp3) is 0.812. The Labute approximate surface area is 132 Å². The van der Waals surface area contributed by atoms with Gasteiger partial charge < -0.3 is 9.67 Å². The van der Waals surface area contributed by atoms with Gasteiger partial charge >= 0.3 is 0 Å². The van der Waals surface area contributed by atoms with Gasteiger partial charge in [-0.2, -0.15) is 0 Å². The minimum atomic E-state index is -0.116. The third-order valence-electron chi connectivity index (χ3n) is 5.31. The standard InChI is InChI=1S/C16H26ClN3O/c1-19-15(17)10-18-16(19)11-20-9-5-4-7-13(20)12-6-2-3-8-14(12)21/h10,12-14,21H,2-9,11H2,1H3. The van der Waals surface area contributed by atoms with Gasteiger partial charge in [-0.25, -0.2) is 4.98 Å². The Kier molecular flexibility index (Phi) is 4.87. The number of aliphatic hydroxyl groups is 1. The molecule has 1 aliphatic carbocycles. The Morgan fingerprint density at radius 3 is 2.71 bits per heavy atom. The normalized spacial score (nSPS) is 31.5. The number of rotatable bonds is 3. The van der Waals surface area contributed by atoms with Crippen molar-refractivity contribution in [2.45, 2.75) is 63.6 Å². The average molecular weight is 312 g/mol. The molecule has 3 rings (SSSR count). The largest absolute Gasteiger partial charge is 0.393 e. The van der Waals surface area contributed by atoms with Crippen LogP contribution in [0.25, 0.3) is 0 Å². The van der Waals surface area contributed by atoms with Crippen molar-refractivity contribution in [2.24, 2.45) is 13.0 Å². The highest BCUT2D eigenvalue weighted by Gasteiger charge is 2.35. The van der Waals surface area contributed by atoms with Crippen LogP contribution in [0, 0.1) is 5.92 Å². The summed E-state index contributed by atoms with van der Waals surface area (Å²) >= 11 is 6.10. The van der Waals surface area contributed by atoms with Crippen molar-refractivity contribution in [3.05, 3.63) is 17.2 Å². The molecule has 0 amide bonds. The molecule has 0 radical (unpaired) electrons. The zero-order valence-electron chi connectivity index (χ0n) is 12.8. The lowest BCUT2D eigenvalue weighted by Gasteiger charge is -2.43. The number of hydrogen-bond donors (Lipinski definition) is 1. The van der Waals surface area contributed by atoms with E-state index in [-0.39, 0.29) is 6.10 Å². The van der Waals surface area contributed by atoms with Gasteiger partial charge in [0.25, 0.3) is 0 Å². The SMILES string of the molecule is Cn1c(Cl)cnc1CN1CCCCC1C1CCCCC1O. The number of likely N-dealkylation sites (tertiary alicyclic amines) is 1. The second-order valence-electron chi connectivity index (χ2n) is 6.61. The summed E-state index contributed by atoms with van der Waals surface area (Å²) in [4.78, 5) is 6.96. The van der Waals surface area contributed by atoms with E-state index in [2.05, 4.69) is 9.88 Å². The van der Waals surface area contributed by atoms with Crippen molar-refractivity contribution >= 4 is 11.6 Å². The van der Waals surface area contributed by atoms with Gasteiger partial charge in [0.05, 0.1) is 18.8 Å². The van der Waals surface area contributed by atoms with Crippen LogP contribution in [-0.2, 0) is 13.6 Å². The van der Waals surface area contributed by atoms with E-state index < -0.39 is 0 Å². The molecule has 1 saturated heterocycles. The molecular formula is C16H26ClN3O. The molecule has 4 nitrogen and oxygen atoms in total. The second-order valence-corrected chi connectivity index (χ2v) is 6.99. The number of aliphatic hydroxyl groups excluding tert-OH is 1. The van der Waals surface area contributed by atoms with Crippen molar-refractivity contribution in [1.82, 2.24) is 14.5 Å². The fourth-order valence-corrected chi connectivity index (χ4v) is 4.19. The van der Waals surface area contributed by atoms with E-state index in [1.807, 2.05) is 11.6 Å². The molecule has 2 aliphatic rings. The van der Waals surface area contributed by atoms with Crippen molar-refractivity contribution in [3.8, 4) is 0 Å². The summed E-state index contributed by atoms with van der Waals surface area (Å²) in [6, 6.07) is 0.504. The molecule has 1 N–H and O–H groups in total. The summed E-state index contributed by atoms with van der Waals surface area (Å²) in [7, 11) is 1.97. The topological polar surface area (TPSA) is 41.3 Å². The molecular weight excluding hydrogens is 286 g/mol. The smallest absolute Gasteiger partial charge is 0.128 e. The number of piperidine rings is 1. The first kappa shape index (κ1) is 15.3. The average Bonchev–Trinajstić information content (AvgIpc) is 2.81. The highest BCUT2D eigenvalue weighted by molar-refractivity contribution is 6.29. The summed E-state index contributed by atoms with van der Waals surface area (Å²) in [5.74, 6) is 1.46. The van der Waals surface area contributed by atoms with E-state index in [0.29, 0.717) is 17.1 Å². The highest BCUT2D eigenvalue weighted by Crippen LogP contribution is 2.34. The van der Waals surface area contributed by atoms with Crippen LogP contribution in [0.15, 0.2) is 6.20 Å². The number of hydrogen-bond acceptors (Lipinski definition) is 3. The molecule has 2 heterocycles. The third kappa shape index (κ3) is 3.27. The van der Waals surface area contributed by atoms with E-state index in [1.54, 1.807) is 6.20 Å². The Bertz CT molecular complexity index is 476. The Hall–Kier alpha value is -0.580. The van der Waals surface area contributed by atoms with Crippen LogP contribution in [0.3, 0.4) is 0 Å². The van der Waals surface area contributed by atoms with Crippen molar-refractivity contribution in [3.63, 3.8) is 0 Å². The van der Waals surface area contributed by atoms with Crippen molar-refractivity contribution < 1.29 is 5.11 Å². The molecule has 0 spiro atoms. The number of halogens is 1. The molecule has 1 aromatic heterocycles. The van der Waals surface area contributed by atoms with E-state index in [1.165, 1.54) is 38.5 Å². The maximum absolute atomic E-state index is 10.4. The summed E-state index contributed by atoms with van der Waals surface area (Å²) in [5.41, 5.74) is 0. The van der Waals surface area contributed by atoms with Crippen LogP contribution in [0.2, 0.25) is 5.15 Å². The minimum absolute atomic E-state index is 0.116.